The van der Waals surface area contributed by atoms with Crippen molar-refractivity contribution < 1.29 is 28.7 Å². The summed E-state index contributed by atoms with van der Waals surface area (Å²) < 4.78 is 10.5. The average Bonchev–Trinajstić information content (AvgIpc) is 3.50. The van der Waals surface area contributed by atoms with Gasteiger partial charge in [-0.1, -0.05) is 18.2 Å². The standard InChI is InChI=1S/C26H36N4O6/c1-2-35-24(33)11-10-23(32)28-14-12-26(13-15-28)25(34)29(19-30(26)20-7-4-3-5-8-20)18-22(31)27-17-21-9-6-16-36-21/h3-5,7-8,21H,2,6,9-19H2,1H3,(H,27,31)/t21-/m0/s1. The summed E-state index contributed by atoms with van der Waals surface area (Å²) in [5.74, 6) is -0.776. The summed E-state index contributed by atoms with van der Waals surface area (Å²) in [6, 6.07) is 9.71. The molecule has 0 unspecified atom stereocenters. The minimum atomic E-state index is -0.811. The predicted octanol–water partition coefficient (Wildman–Crippen LogP) is 1.29. The summed E-state index contributed by atoms with van der Waals surface area (Å²) in [4.78, 5) is 56.1. The summed E-state index contributed by atoms with van der Waals surface area (Å²) in [6.45, 7) is 4.33. The van der Waals surface area contributed by atoms with Crippen LogP contribution in [0.15, 0.2) is 30.3 Å². The van der Waals surface area contributed by atoms with Crippen LogP contribution >= 0.6 is 0 Å². The van der Waals surface area contributed by atoms with E-state index in [1.54, 1.807) is 16.7 Å². The Labute approximate surface area is 211 Å². The third-order valence-electron chi connectivity index (χ3n) is 7.26. The molecule has 3 amide bonds. The van der Waals surface area contributed by atoms with Crippen LogP contribution in [-0.4, -0.2) is 91.2 Å². The maximum Gasteiger partial charge on any atom is 0.306 e. The average molecular weight is 501 g/mol. The van der Waals surface area contributed by atoms with Crippen molar-refractivity contribution in [3.63, 3.8) is 0 Å². The highest BCUT2D eigenvalue weighted by Crippen LogP contribution is 2.39. The van der Waals surface area contributed by atoms with Gasteiger partial charge >= 0.3 is 5.97 Å². The molecule has 0 saturated carbocycles. The van der Waals surface area contributed by atoms with Gasteiger partial charge in [-0.2, -0.15) is 0 Å². The first-order chi connectivity index (χ1) is 17.4. The van der Waals surface area contributed by atoms with Gasteiger partial charge in [0.1, 0.15) is 12.1 Å². The van der Waals surface area contributed by atoms with Crippen LogP contribution in [0.25, 0.3) is 0 Å². The fourth-order valence-corrected chi connectivity index (χ4v) is 5.31. The second-order valence-corrected chi connectivity index (χ2v) is 9.56. The number of carbonyl (C=O) groups excluding carboxylic acids is 4. The van der Waals surface area contributed by atoms with E-state index in [1.807, 2.05) is 30.3 Å². The summed E-state index contributed by atoms with van der Waals surface area (Å²) in [7, 11) is 0. The zero-order valence-corrected chi connectivity index (χ0v) is 20.9. The number of nitrogens with zero attached hydrogens (tertiary/aromatic N) is 3. The highest BCUT2D eigenvalue weighted by Gasteiger charge is 2.54. The smallest absolute Gasteiger partial charge is 0.306 e. The summed E-state index contributed by atoms with van der Waals surface area (Å²) in [6.07, 6.45) is 3.04. The van der Waals surface area contributed by atoms with E-state index in [0.717, 1.165) is 25.1 Å². The molecule has 196 valence electrons. The number of hydrogen-bond acceptors (Lipinski definition) is 7. The van der Waals surface area contributed by atoms with Crippen LogP contribution < -0.4 is 10.2 Å². The fourth-order valence-electron chi connectivity index (χ4n) is 5.31. The topological polar surface area (TPSA) is 108 Å². The third kappa shape index (κ3) is 5.80. The van der Waals surface area contributed by atoms with Crippen molar-refractivity contribution in [2.75, 3.05) is 51.0 Å². The van der Waals surface area contributed by atoms with E-state index in [0.29, 0.717) is 45.8 Å². The molecule has 3 heterocycles. The van der Waals surface area contributed by atoms with Crippen molar-refractivity contribution in [3.05, 3.63) is 30.3 Å². The van der Waals surface area contributed by atoms with Gasteiger partial charge in [0.25, 0.3) is 5.91 Å². The normalized spacial score (nSPS) is 21.2. The van der Waals surface area contributed by atoms with Crippen molar-refractivity contribution in [2.45, 2.75) is 57.1 Å². The second kappa shape index (κ2) is 11.7. The minimum Gasteiger partial charge on any atom is -0.466 e. The van der Waals surface area contributed by atoms with Gasteiger partial charge in [0.15, 0.2) is 0 Å². The molecule has 10 heteroatoms. The fraction of sp³-hybridized carbons (Fsp3) is 0.615. The number of piperidine rings is 1. The Morgan fingerprint density at radius 2 is 1.89 bits per heavy atom. The molecule has 0 aliphatic carbocycles. The van der Waals surface area contributed by atoms with Gasteiger partial charge in [0, 0.05) is 38.3 Å². The highest BCUT2D eigenvalue weighted by molar-refractivity contribution is 5.96. The first kappa shape index (κ1) is 25.9. The van der Waals surface area contributed by atoms with Gasteiger partial charge in [-0.15, -0.1) is 0 Å². The van der Waals surface area contributed by atoms with Gasteiger partial charge in [0.05, 0.1) is 25.8 Å². The second-order valence-electron chi connectivity index (χ2n) is 9.56. The van der Waals surface area contributed by atoms with Crippen LogP contribution in [0.2, 0.25) is 0 Å². The maximum atomic E-state index is 13.7. The zero-order valence-electron chi connectivity index (χ0n) is 20.9. The number of nitrogens with one attached hydrogen (secondary N) is 1. The van der Waals surface area contributed by atoms with Crippen LogP contribution in [0, 0.1) is 0 Å². The first-order valence-corrected chi connectivity index (χ1v) is 12.9. The third-order valence-corrected chi connectivity index (χ3v) is 7.26. The summed E-state index contributed by atoms with van der Waals surface area (Å²) >= 11 is 0. The molecule has 0 radical (unpaired) electrons. The minimum absolute atomic E-state index is 0.0151. The Hall–Kier alpha value is -3.14. The maximum absolute atomic E-state index is 13.7. The van der Waals surface area contributed by atoms with Crippen LogP contribution in [-0.2, 0) is 28.7 Å². The molecule has 10 nitrogen and oxygen atoms in total. The molecule has 0 bridgehead atoms. The zero-order chi connectivity index (χ0) is 25.5. The Kier molecular flexibility index (Phi) is 8.45. The van der Waals surface area contributed by atoms with E-state index in [1.165, 1.54) is 0 Å². The van der Waals surface area contributed by atoms with E-state index < -0.39 is 5.54 Å². The molecule has 1 spiro atoms. The summed E-state index contributed by atoms with van der Waals surface area (Å²) in [5.41, 5.74) is 0.101. The Bertz CT molecular complexity index is 941. The largest absolute Gasteiger partial charge is 0.466 e. The Balaban J connectivity index is 1.40. The van der Waals surface area contributed by atoms with Gasteiger partial charge < -0.3 is 29.5 Å². The van der Waals surface area contributed by atoms with Crippen molar-refractivity contribution in [2.24, 2.45) is 0 Å². The molecule has 1 atom stereocenters. The quantitative estimate of drug-likeness (QED) is 0.509. The highest BCUT2D eigenvalue weighted by atomic mass is 16.5. The Morgan fingerprint density at radius 1 is 1.14 bits per heavy atom. The molecule has 3 saturated heterocycles. The number of likely N-dealkylation sites (tertiary alicyclic amines) is 1. The van der Waals surface area contributed by atoms with Crippen molar-refractivity contribution in [1.82, 2.24) is 15.1 Å². The molecule has 1 aromatic carbocycles. The first-order valence-electron chi connectivity index (χ1n) is 12.9. The Morgan fingerprint density at radius 3 is 2.56 bits per heavy atom. The monoisotopic (exact) mass is 500 g/mol. The molecule has 0 aromatic heterocycles. The molecule has 3 aliphatic rings. The predicted molar refractivity (Wildman–Crippen MR) is 132 cm³/mol. The van der Waals surface area contributed by atoms with Crippen LogP contribution in [0.1, 0.15) is 45.4 Å². The number of anilines is 1. The number of benzene rings is 1. The van der Waals surface area contributed by atoms with Crippen LogP contribution in [0.5, 0.6) is 0 Å². The van der Waals surface area contributed by atoms with Crippen LogP contribution in [0.3, 0.4) is 0 Å². The number of para-hydroxylation sites is 1. The summed E-state index contributed by atoms with van der Waals surface area (Å²) in [5, 5.41) is 2.91. The molecule has 3 fully saturated rings. The lowest BCUT2D eigenvalue weighted by Crippen LogP contribution is -2.57. The van der Waals surface area contributed by atoms with Gasteiger partial charge in [-0.05, 0) is 44.7 Å². The number of rotatable bonds is 9. The number of amides is 3. The molecule has 1 aromatic rings. The van der Waals surface area contributed by atoms with Crippen molar-refractivity contribution in [1.29, 1.82) is 0 Å². The van der Waals surface area contributed by atoms with Gasteiger partial charge in [-0.25, -0.2) is 0 Å². The van der Waals surface area contributed by atoms with E-state index in [-0.39, 0.29) is 49.2 Å². The van der Waals surface area contributed by atoms with E-state index >= 15 is 0 Å². The number of ether oxygens (including phenoxy) is 2. The SMILES string of the molecule is CCOC(=O)CCC(=O)N1CCC2(CC1)C(=O)N(CC(=O)NC[C@@H]1CCCO1)CN2c1ccccc1. The molecule has 4 rings (SSSR count). The van der Waals surface area contributed by atoms with E-state index in [4.69, 9.17) is 9.47 Å². The molecule has 1 N–H and O–H groups in total. The van der Waals surface area contributed by atoms with Crippen molar-refractivity contribution >= 4 is 29.4 Å². The lowest BCUT2D eigenvalue weighted by atomic mass is 9.85. The number of hydrogen-bond donors (Lipinski definition) is 1. The molecule has 3 aliphatic heterocycles. The molecule has 36 heavy (non-hydrogen) atoms. The number of carbonyl (C=O) groups is 4. The van der Waals surface area contributed by atoms with Gasteiger partial charge in [-0.3, -0.25) is 19.2 Å². The van der Waals surface area contributed by atoms with Crippen LogP contribution in [0.4, 0.5) is 5.69 Å². The van der Waals surface area contributed by atoms with E-state index in [9.17, 15) is 19.2 Å². The van der Waals surface area contributed by atoms with Gasteiger partial charge in [0.2, 0.25) is 11.8 Å². The lowest BCUT2D eigenvalue weighted by Gasteiger charge is -2.43. The number of esters is 1. The molecular formula is C26H36N4O6. The van der Waals surface area contributed by atoms with E-state index in [2.05, 4.69) is 10.2 Å². The molecular weight excluding hydrogens is 464 g/mol. The lowest BCUT2D eigenvalue weighted by molar-refractivity contribution is -0.146. The van der Waals surface area contributed by atoms with Crippen molar-refractivity contribution in [3.8, 4) is 0 Å².